The van der Waals surface area contributed by atoms with Gasteiger partial charge in [0.25, 0.3) is 0 Å². The van der Waals surface area contributed by atoms with Crippen LogP contribution in [-0.2, 0) is 0 Å². The largest absolute Gasteiger partial charge is 0.494 e. The van der Waals surface area contributed by atoms with Gasteiger partial charge in [-0.3, -0.25) is 0 Å². The van der Waals surface area contributed by atoms with E-state index in [1.807, 2.05) is 0 Å². The molecule has 0 aromatic heterocycles. The van der Waals surface area contributed by atoms with E-state index in [2.05, 4.69) is 18.9 Å². The van der Waals surface area contributed by atoms with E-state index >= 15 is 0 Å². The molecule has 0 aliphatic heterocycles. The Morgan fingerprint density at radius 2 is 2.25 bits per heavy atom. The first-order valence-corrected chi connectivity index (χ1v) is 7.24. The van der Waals surface area contributed by atoms with Crippen LogP contribution in [0.2, 0.25) is 0 Å². The third-order valence-electron chi connectivity index (χ3n) is 4.00. The lowest BCUT2D eigenvalue weighted by Crippen LogP contribution is -2.32. The van der Waals surface area contributed by atoms with Crippen LogP contribution in [0.4, 0.5) is 0 Å². The van der Waals surface area contributed by atoms with Gasteiger partial charge in [-0.2, -0.15) is 0 Å². The van der Waals surface area contributed by atoms with Gasteiger partial charge in [0.1, 0.15) is 5.75 Å². The molecule has 1 aliphatic rings. The molecule has 1 aromatic carbocycles. The van der Waals surface area contributed by atoms with Crippen molar-refractivity contribution in [3.05, 3.63) is 29.8 Å². The van der Waals surface area contributed by atoms with E-state index in [0.717, 1.165) is 18.9 Å². The Morgan fingerprint density at radius 1 is 1.50 bits per heavy atom. The van der Waals surface area contributed by atoms with Crippen molar-refractivity contribution in [3.63, 3.8) is 0 Å². The molecule has 1 aromatic rings. The van der Waals surface area contributed by atoms with Gasteiger partial charge in [-0.05, 0) is 57.4 Å². The monoisotopic (exact) mass is 277 g/mol. The summed E-state index contributed by atoms with van der Waals surface area (Å²) in [6.07, 6.45) is 3.68. The van der Waals surface area contributed by atoms with Crippen LogP contribution in [0.15, 0.2) is 24.3 Å². The molecule has 0 heterocycles. The number of aromatic carboxylic acids is 1. The zero-order valence-corrected chi connectivity index (χ0v) is 12.2. The van der Waals surface area contributed by atoms with Gasteiger partial charge in [0, 0.05) is 12.6 Å². The molecule has 0 saturated heterocycles. The lowest BCUT2D eigenvalue weighted by Gasteiger charge is -2.24. The fourth-order valence-electron chi connectivity index (χ4n) is 2.37. The van der Waals surface area contributed by atoms with Gasteiger partial charge in [0.05, 0.1) is 12.2 Å². The van der Waals surface area contributed by atoms with E-state index in [-0.39, 0.29) is 5.56 Å². The topological polar surface area (TPSA) is 49.8 Å². The van der Waals surface area contributed by atoms with E-state index < -0.39 is 5.97 Å². The fraction of sp³-hybridized carbons (Fsp3) is 0.562. The Morgan fingerprint density at radius 3 is 2.90 bits per heavy atom. The first-order chi connectivity index (χ1) is 9.58. The molecule has 1 N–H and O–H groups in total. The molecule has 1 atom stereocenters. The Hall–Kier alpha value is -1.55. The highest BCUT2D eigenvalue weighted by molar-refractivity contribution is 5.87. The molecule has 0 amide bonds. The Balaban J connectivity index is 1.70. The summed E-state index contributed by atoms with van der Waals surface area (Å²) in [6, 6.07) is 7.30. The van der Waals surface area contributed by atoms with Crippen molar-refractivity contribution in [2.45, 2.75) is 32.2 Å². The lowest BCUT2D eigenvalue weighted by molar-refractivity contribution is 0.0696. The van der Waals surface area contributed by atoms with Crippen molar-refractivity contribution in [2.24, 2.45) is 5.92 Å². The smallest absolute Gasteiger partial charge is 0.335 e. The zero-order valence-electron chi connectivity index (χ0n) is 12.2. The number of rotatable bonds is 8. The van der Waals surface area contributed by atoms with E-state index in [1.165, 1.54) is 12.8 Å². The summed E-state index contributed by atoms with van der Waals surface area (Å²) in [4.78, 5) is 13.2. The summed E-state index contributed by atoms with van der Waals surface area (Å²) in [5, 5.41) is 8.91. The molecule has 20 heavy (non-hydrogen) atoms. The van der Waals surface area contributed by atoms with Crippen LogP contribution in [-0.4, -0.2) is 42.2 Å². The van der Waals surface area contributed by atoms with Crippen molar-refractivity contribution < 1.29 is 14.6 Å². The standard InChI is InChI=1S/C16H23NO3/c1-12(13-7-8-13)17(2)9-4-10-20-15-6-3-5-14(11-15)16(18)19/h3,5-6,11-13H,4,7-10H2,1-2H3,(H,18,19). The molecule has 1 unspecified atom stereocenters. The minimum atomic E-state index is -0.923. The number of carbonyl (C=O) groups is 1. The van der Waals surface area contributed by atoms with E-state index in [4.69, 9.17) is 9.84 Å². The highest BCUT2D eigenvalue weighted by Crippen LogP contribution is 2.34. The van der Waals surface area contributed by atoms with Crippen molar-refractivity contribution >= 4 is 5.97 Å². The molecule has 2 rings (SSSR count). The maximum Gasteiger partial charge on any atom is 0.335 e. The maximum atomic E-state index is 10.9. The predicted molar refractivity (Wildman–Crippen MR) is 78.3 cm³/mol. The second-order valence-electron chi connectivity index (χ2n) is 5.59. The van der Waals surface area contributed by atoms with Gasteiger partial charge >= 0.3 is 5.97 Å². The molecule has 0 radical (unpaired) electrons. The highest BCUT2D eigenvalue weighted by atomic mass is 16.5. The van der Waals surface area contributed by atoms with Gasteiger partial charge in [-0.25, -0.2) is 4.79 Å². The number of carboxylic acid groups (broad SMARTS) is 1. The number of nitrogens with zero attached hydrogens (tertiary/aromatic N) is 1. The number of hydrogen-bond donors (Lipinski definition) is 1. The minimum absolute atomic E-state index is 0.266. The molecule has 4 nitrogen and oxygen atoms in total. The zero-order chi connectivity index (χ0) is 14.5. The lowest BCUT2D eigenvalue weighted by atomic mass is 10.2. The third-order valence-corrected chi connectivity index (χ3v) is 4.00. The third kappa shape index (κ3) is 4.23. The van der Waals surface area contributed by atoms with Crippen LogP contribution in [0.5, 0.6) is 5.75 Å². The van der Waals surface area contributed by atoms with Crippen LogP contribution in [0.3, 0.4) is 0 Å². The Kier molecular flexibility index (Phi) is 5.01. The normalized spacial score (nSPS) is 16.1. The van der Waals surface area contributed by atoms with E-state index in [1.54, 1.807) is 24.3 Å². The minimum Gasteiger partial charge on any atom is -0.494 e. The average Bonchev–Trinajstić information content (AvgIpc) is 3.27. The van der Waals surface area contributed by atoms with Crippen molar-refractivity contribution in [2.75, 3.05) is 20.2 Å². The molecule has 1 saturated carbocycles. The van der Waals surface area contributed by atoms with Crippen molar-refractivity contribution in [1.82, 2.24) is 4.90 Å². The predicted octanol–water partition coefficient (Wildman–Crippen LogP) is 2.88. The molecule has 110 valence electrons. The summed E-state index contributed by atoms with van der Waals surface area (Å²) in [5.74, 6) is 0.587. The van der Waals surface area contributed by atoms with E-state index in [9.17, 15) is 4.79 Å². The highest BCUT2D eigenvalue weighted by Gasteiger charge is 2.29. The molecule has 1 fully saturated rings. The summed E-state index contributed by atoms with van der Waals surface area (Å²) in [5.41, 5.74) is 0.266. The molecular formula is C16H23NO3. The van der Waals surface area contributed by atoms with Gasteiger partial charge in [-0.1, -0.05) is 6.07 Å². The van der Waals surface area contributed by atoms with Crippen LogP contribution >= 0.6 is 0 Å². The van der Waals surface area contributed by atoms with Gasteiger partial charge in [0.15, 0.2) is 0 Å². The Labute approximate surface area is 120 Å². The molecular weight excluding hydrogens is 254 g/mol. The number of ether oxygens (including phenoxy) is 1. The van der Waals surface area contributed by atoms with Crippen molar-refractivity contribution in [3.8, 4) is 5.75 Å². The average molecular weight is 277 g/mol. The van der Waals surface area contributed by atoms with Crippen LogP contribution < -0.4 is 4.74 Å². The van der Waals surface area contributed by atoms with Crippen LogP contribution in [0.1, 0.15) is 36.5 Å². The first-order valence-electron chi connectivity index (χ1n) is 7.24. The maximum absolute atomic E-state index is 10.9. The quantitative estimate of drug-likeness (QED) is 0.742. The molecule has 0 spiro atoms. The molecule has 1 aliphatic carbocycles. The number of benzene rings is 1. The Bertz CT molecular complexity index is 457. The second-order valence-corrected chi connectivity index (χ2v) is 5.59. The van der Waals surface area contributed by atoms with E-state index in [0.29, 0.717) is 18.4 Å². The van der Waals surface area contributed by atoms with Gasteiger partial charge in [0.2, 0.25) is 0 Å². The molecule has 0 bridgehead atoms. The SMILES string of the molecule is CC(C1CC1)N(C)CCCOc1cccc(C(=O)O)c1. The second kappa shape index (κ2) is 6.75. The van der Waals surface area contributed by atoms with Crippen LogP contribution in [0, 0.1) is 5.92 Å². The number of hydrogen-bond acceptors (Lipinski definition) is 3. The van der Waals surface area contributed by atoms with Crippen LogP contribution in [0.25, 0.3) is 0 Å². The molecule has 4 heteroatoms. The summed E-state index contributed by atoms with van der Waals surface area (Å²) in [6.45, 7) is 3.91. The van der Waals surface area contributed by atoms with Gasteiger partial charge < -0.3 is 14.7 Å². The van der Waals surface area contributed by atoms with Gasteiger partial charge in [-0.15, -0.1) is 0 Å². The fourth-order valence-corrected chi connectivity index (χ4v) is 2.37. The number of carboxylic acids is 1. The van der Waals surface area contributed by atoms with Crippen molar-refractivity contribution in [1.29, 1.82) is 0 Å². The summed E-state index contributed by atoms with van der Waals surface area (Å²) in [7, 11) is 2.16. The summed E-state index contributed by atoms with van der Waals surface area (Å²) >= 11 is 0. The summed E-state index contributed by atoms with van der Waals surface area (Å²) < 4.78 is 5.61. The first kappa shape index (κ1) is 14.9.